The highest BCUT2D eigenvalue weighted by atomic mass is 127. The number of amides is 1. The lowest BCUT2D eigenvalue weighted by molar-refractivity contribution is -0.121. The van der Waals surface area contributed by atoms with Crippen molar-refractivity contribution in [2.75, 3.05) is 20.6 Å². The molecule has 0 radical (unpaired) electrons. The number of hydrogen-bond acceptors (Lipinski definition) is 4. The Labute approximate surface area is 153 Å². The Kier molecular flexibility index (Phi) is 10.3. The van der Waals surface area contributed by atoms with Gasteiger partial charge in [0.25, 0.3) is 0 Å². The summed E-state index contributed by atoms with van der Waals surface area (Å²) in [5, 5.41) is 9.17. The molecule has 0 aliphatic heterocycles. The summed E-state index contributed by atoms with van der Waals surface area (Å²) in [5.74, 6) is 0.809. The summed E-state index contributed by atoms with van der Waals surface area (Å²) in [6, 6.07) is 0.174. The number of carbonyl (C=O) groups is 1. The summed E-state index contributed by atoms with van der Waals surface area (Å²) in [6.07, 6.45) is 0.431. The molecule has 0 saturated heterocycles. The Morgan fingerprint density at radius 3 is 2.68 bits per heavy atom. The number of aryl methyl sites for hydroxylation is 1. The number of aromatic nitrogens is 1. The van der Waals surface area contributed by atoms with E-state index in [1.807, 2.05) is 32.7 Å². The van der Waals surface area contributed by atoms with Crippen LogP contribution in [0.25, 0.3) is 0 Å². The van der Waals surface area contributed by atoms with E-state index in [-0.39, 0.29) is 35.9 Å². The lowest BCUT2D eigenvalue weighted by Gasteiger charge is -2.21. The summed E-state index contributed by atoms with van der Waals surface area (Å²) in [4.78, 5) is 22.2. The highest BCUT2D eigenvalue weighted by molar-refractivity contribution is 14.0. The van der Waals surface area contributed by atoms with Crippen molar-refractivity contribution < 1.29 is 4.79 Å². The van der Waals surface area contributed by atoms with Crippen molar-refractivity contribution in [1.29, 1.82) is 0 Å². The Morgan fingerprint density at radius 1 is 1.50 bits per heavy atom. The topological polar surface area (TPSA) is 69.6 Å². The first-order valence-corrected chi connectivity index (χ1v) is 7.92. The predicted octanol–water partition coefficient (Wildman–Crippen LogP) is 1.99. The maximum absolute atomic E-state index is 11.6. The largest absolute Gasteiger partial charge is 0.356 e. The van der Waals surface area contributed by atoms with Crippen LogP contribution in [0.3, 0.4) is 0 Å². The molecule has 0 saturated carbocycles. The average molecular weight is 439 g/mol. The number of nitrogens with zero attached hydrogens (tertiary/aromatic N) is 3. The average Bonchev–Trinajstić information content (AvgIpc) is 2.79. The smallest absolute Gasteiger partial charge is 0.221 e. The van der Waals surface area contributed by atoms with Gasteiger partial charge in [-0.25, -0.2) is 4.98 Å². The highest BCUT2D eigenvalue weighted by Gasteiger charge is 2.09. The van der Waals surface area contributed by atoms with Crippen LogP contribution in [0.2, 0.25) is 0 Å². The normalized spacial score (nSPS) is 11.1. The van der Waals surface area contributed by atoms with Gasteiger partial charge in [0.15, 0.2) is 5.96 Å². The van der Waals surface area contributed by atoms with Crippen LogP contribution in [0.1, 0.15) is 31.0 Å². The molecule has 1 aromatic heterocycles. The van der Waals surface area contributed by atoms with E-state index in [1.165, 1.54) is 0 Å². The Balaban J connectivity index is 0.00000441. The molecule has 0 aliphatic rings. The molecule has 22 heavy (non-hydrogen) atoms. The molecule has 6 nitrogen and oxygen atoms in total. The minimum absolute atomic E-state index is 0. The molecule has 0 aromatic carbocycles. The van der Waals surface area contributed by atoms with Crippen LogP contribution < -0.4 is 10.6 Å². The van der Waals surface area contributed by atoms with Gasteiger partial charge in [-0.1, -0.05) is 0 Å². The fourth-order valence-electron chi connectivity index (χ4n) is 1.87. The molecule has 1 heterocycles. The molecule has 1 aromatic rings. The van der Waals surface area contributed by atoms with Gasteiger partial charge < -0.3 is 15.5 Å². The van der Waals surface area contributed by atoms with E-state index < -0.39 is 0 Å². The van der Waals surface area contributed by atoms with Crippen LogP contribution in [0.4, 0.5) is 0 Å². The zero-order valence-corrected chi connectivity index (χ0v) is 17.0. The first-order valence-electron chi connectivity index (χ1n) is 7.04. The zero-order chi connectivity index (χ0) is 15.8. The van der Waals surface area contributed by atoms with Crippen molar-refractivity contribution in [3.8, 4) is 0 Å². The summed E-state index contributed by atoms with van der Waals surface area (Å²) in [5.41, 5.74) is 1.03. The van der Waals surface area contributed by atoms with Crippen molar-refractivity contribution in [3.05, 3.63) is 16.1 Å². The standard InChI is InChI=1S/C14H25N5OS.HI/c1-10(2)17-13(20)6-7-16-14(15-4)19(5)8-12-9-21-11(3)18-12;/h9-10H,6-8H2,1-5H3,(H,15,16)(H,17,20);1H. The molecule has 0 bridgehead atoms. The van der Waals surface area contributed by atoms with Crippen molar-refractivity contribution in [2.45, 2.75) is 39.8 Å². The summed E-state index contributed by atoms with van der Waals surface area (Å²) >= 11 is 1.64. The number of rotatable bonds is 6. The SMILES string of the molecule is CN=C(NCCC(=O)NC(C)C)N(C)Cc1csc(C)n1.I. The van der Waals surface area contributed by atoms with E-state index in [4.69, 9.17) is 0 Å². The number of hydrogen-bond donors (Lipinski definition) is 2. The molecular weight excluding hydrogens is 413 g/mol. The van der Waals surface area contributed by atoms with Gasteiger partial charge in [0.05, 0.1) is 17.2 Å². The monoisotopic (exact) mass is 439 g/mol. The van der Waals surface area contributed by atoms with Crippen molar-refractivity contribution in [1.82, 2.24) is 20.5 Å². The number of thiazole rings is 1. The second-order valence-electron chi connectivity index (χ2n) is 5.16. The van der Waals surface area contributed by atoms with Gasteiger partial charge in [0.1, 0.15) is 0 Å². The highest BCUT2D eigenvalue weighted by Crippen LogP contribution is 2.09. The second kappa shape index (κ2) is 10.8. The van der Waals surface area contributed by atoms with Crippen LogP contribution in [-0.2, 0) is 11.3 Å². The molecule has 0 aliphatic carbocycles. The molecular formula is C14H26IN5OS. The van der Waals surface area contributed by atoms with Crippen LogP contribution in [0.5, 0.6) is 0 Å². The molecule has 8 heteroatoms. The van der Waals surface area contributed by atoms with Crippen molar-refractivity contribution in [3.63, 3.8) is 0 Å². The van der Waals surface area contributed by atoms with Gasteiger partial charge >= 0.3 is 0 Å². The van der Waals surface area contributed by atoms with Gasteiger partial charge in [0.2, 0.25) is 5.91 Å². The van der Waals surface area contributed by atoms with Gasteiger partial charge in [-0.2, -0.15) is 0 Å². The van der Waals surface area contributed by atoms with Crippen LogP contribution in [-0.4, -0.2) is 48.4 Å². The van der Waals surface area contributed by atoms with Gasteiger partial charge in [-0.15, -0.1) is 35.3 Å². The van der Waals surface area contributed by atoms with E-state index in [2.05, 4.69) is 26.0 Å². The van der Waals surface area contributed by atoms with Crippen LogP contribution in [0, 0.1) is 6.92 Å². The summed E-state index contributed by atoms with van der Waals surface area (Å²) in [6.45, 7) is 7.16. The summed E-state index contributed by atoms with van der Waals surface area (Å²) < 4.78 is 0. The van der Waals surface area contributed by atoms with Crippen LogP contribution >= 0.6 is 35.3 Å². The van der Waals surface area contributed by atoms with Crippen molar-refractivity contribution in [2.24, 2.45) is 4.99 Å². The fraction of sp³-hybridized carbons (Fsp3) is 0.643. The van der Waals surface area contributed by atoms with E-state index in [9.17, 15) is 4.79 Å². The van der Waals surface area contributed by atoms with Crippen molar-refractivity contribution >= 4 is 47.2 Å². The van der Waals surface area contributed by atoms with E-state index in [1.54, 1.807) is 18.4 Å². The molecule has 1 rings (SSSR count). The Morgan fingerprint density at radius 2 is 2.18 bits per heavy atom. The molecule has 2 N–H and O–H groups in total. The maximum Gasteiger partial charge on any atom is 0.221 e. The van der Waals surface area contributed by atoms with E-state index in [0.717, 1.165) is 16.7 Å². The number of aliphatic imine (C=N–C) groups is 1. The third kappa shape index (κ3) is 7.92. The lowest BCUT2D eigenvalue weighted by atomic mass is 10.3. The molecule has 0 atom stereocenters. The number of nitrogens with one attached hydrogen (secondary N) is 2. The van der Waals surface area contributed by atoms with E-state index in [0.29, 0.717) is 19.5 Å². The number of halogens is 1. The van der Waals surface area contributed by atoms with Gasteiger partial charge in [-0.3, -0.25) is 9.79 Å². The third-order valence-corrected chi connectivity index (χ3v) is 3.55. The maximum atomic E-state index is 11.6. The molecule has 0 fully saturated rings. The minimum Gasteiger partial charge on any atom is -0.356 e. The molecule has 0 spiro atoms. The molecule has 0 unspecified atom stereocenters. The molecule has 1 amide bonds. The Bertz CT molecular complexity index is 489. The first kappa shape index (κ1) is 21.1. The first-order chi connectivity index (χ1) is 9.92. The molecule has 126 valence electrons. The second-order valence-corrected chi connectivity index (χ2v) is 6.22. The predicted molar refractivity (Wildman–Crippen MR) is 103 cm³/mol. The van der Waals surface area contributed by atoms with Crippen LogP contribution in [0.15, 0.2) is 10.4 Å². The van der Waals surface area contributed by atoms with Gasteiger partial charge in [-0.05, 0) is 20.8 Å². The number of guanidine groups is 1. The number of carbonyl (C=O) groups excluding carboxylic acids is 1. The fourth-order valence-corrected chi connectivity index (χ4v) is 2.47. The Hall–Kier alpha value is -0.900. The summed E-state index contributed by atoms with van der Waals surface area (Å²) in [7, 11) is 3.69. The zero-order valence-electron chi connectivity index (χ0n) is 13.8. The quantitative estimate of drug-likeness (QED) is 0.404. The van der Waals surface area contributed by atoms with Gasteiger partial charge in [0, 0.05) is 38.5 Å². The third-order valence-electron chi connectivity index (χ3n) is 2.72. The minimum atomic E-state index is 0. The lowest BCUT2D eigenvalue weighted by Crippen LogP contribution is -2.40. The van der Waals surface area contributed by atoms with E-state index >= 15 is 0 Å².